The van der Waals surface area contributed by atoms with Gasteiger partial charge in [-0.2, -0.15) is 0 Å². The van der Waals surface area contributed by atoms with Crippen molar-refractivity contribution in [1.82, 2.24) is 10.5 Å². The first-order valence-electron chi connectivity index (χ1n) is 7.07. The van der Waals surface area contributed by atoms with E-state index in [1.54, 1.807) is 0 Å². The molecule has 1 N–H and O–H groups in total. The Hall–Kier alpha value is -0.870. The van der Waals surface area contributed by atoms with Gasteiger partial charge in [-0.3, -0.25) is 0 Å². The Kier molecular flexibility index (Phi) is 3.39. The van der Waals surface area contributed by atoms with E-state index in [0.29, 0.717) is 6.10 Å². The van der Waals surface area contributed by atoms with Crippen molar-refractivity contribution in [2.75, 3.05) is 6.54 Å². The normalized spacial score (nSPS) is 26.2. The summed E-state index contributed by atoms with van der Waals surface area (Å²) in [4.78, 5) is 0. The number of rotatable bonds is 4. The zero-order chi connectivity index (χ0) is 12.4. The largest absolute Gasteiger partial charge is 0.370 e. The molecular formula is C14H22N2O2. The molecule has 1 saturated carbocycles. The lowest BCUT2D eigenvalue weighted by molar-refractivity contribution is -0.0352. The third-order valence-corrected chi connectivity index (χ3v) is 4.20. The quantitative estimate of drug-likeness (QED) is 0.892. The molecule has 18 heavy (non-hydrogen) atoms. The number of ether oxygens (including phenoxy) is 1. The van der Waals surface area contributed by atoms with E-state index in [0.717, 1.165) is 24.5 Å². The molecule has 100 valence electrons. The molecule has 1 aliphatic heterocycles. The van der Waals surface area contributed by atoms with Gasteiger partial charge in [0.05, 0.1) is 23.9 Å². The summed E-state index contributed by atoms with van der Waals surface area (Å²) in [6.07, 6.45) is 8.06. The van der Waals surface area contributed by atoms with Gasteiger partial charge in [-0.25, -0.2) is 0 Å². The molecule has 1 aliphatic carbocycles. The van der Waals surface area contributed by atoms with Gasteiger partial charge in [0, 0.05) is 12.6 Å². The van der Waals surface area contributed by atoms with Crippen LogP contribution >= 0.6 is 0 Å². The van der Waals surface area contributed by atoms with Crippen LogP contribution in [0.2, 0.25) is 0 Å². The molecule has 1 atom stereocenters. The number of aryl methyl sites for hydroxylation is 1. The van der Waals surface area contributed by atoms with Crippen molar-refractivity contribution >= 4 is 0 Å². The first-order chi connectivity index (χ1) is 8.76. The lowest BCUT2D eigenvalue weighted by Crippen LogP contribution is -2.30. The molecule has 4 heteroatoms. The molecule has 1 unspecified atom stereocenters. The topological polar surface area (TPSA) is 47.3 Å². The highest BCUT2D eigenvalue weighted by atomic mass is 16.5. The number of aromatic nitrogens is 1. The molecule has 1 spiro atoms. The molecule has 2 heterocycles. The fraction of sp³-hybridized carbons (Fsp3) is 0.786. The number of hydrogen-bond donors (Lipinski definition) is 1. The summed E-state index contributed by atoms with van der Waals surface area (Å²) in [7, 11) is 0. The molecule has 0 radical (unpaired) electrons. The van der Waals surface area contributed by atoms with Crippen molar-refractivity contribution in [3.8, 4) is 0 Å². The van der Waals surface area contributed by atoms with Gasteiger partial charge in [-0.15, -0.1) is 0 Å². The lowest BCUT2D eigenvalue weighted by Gasteiger charge is -2.23. The van der Waals surface area contributed by atoms with Gasteiger partial charge in [-0.1, -0.05) is 18.0 Å². The number of nitrogens with one attached hydrogen (secondary N) is 1. The highest BCUT2D eigenvalue weighted by Crippen LogP contribution is 2.43. The van der Waals surface area contributed by atoms with E-state index >= 15 is 0 Å². The van der Waals surface area contributed by atoms with Crippen LogP contribution in [0.25, 0.3) is 0 Å². The molecule has 1 aromatic heterocycles. The van der Waals surface area contributed by atoms with Gasteiger partial charge in [0.2, 0.25) is 0 Å². The maximum Gasteiger partial charge on any atom is 0.150 e. The van der Waals surface area contributed by atoms with Gasteiger partial charge in [0.15, 0.2) is 5.76 Å². The standard InChI is InChI=1S/C14H22N2O2/c1-11-8-13(18-16-11)10-15-9-12-4-7-14(17-12)5-2-3-6-14/h8,12,15H,2-7,9-10H2,1H3. The van der Waals surface area contributed by atoms with E-state index in [4.69, 9.17) is 9.26 Å². The number of hydrogen-bond acceptors (Lipinski definition) is 4. The van der Waals surface area contributed by atoms with Crippen molar-refractivity contribution < 1.29 is 9.26 Å². The minimum atomic E-state index is 0.245. The van der Waals surface area contributed by atoms with Gasteiger partial charge >= 0.3 is 0 Å². The highest BCUT2D eigenvalue weighted by molar-refractivity contribution is 5.02. The average molecular weight is 250 g/mol. The second-order valence-corrected chi connectivity index (χ2v) is 5.73. The van der Waals surface area contributed by atoms with Crippen molar-refractivity contribution in [1.29, 1.82) is 0 Å². The smallest absolute Gasteiger partial charge is 0.150 e. The Morgan fingerprint density at radius 2 is 2.22 bits per heavy atom. The minimum Gasteiger partial charge on any atom is -0.370 e. The summed E-state index contributed by atoms with van der Waals surface area (Å²) in [5, 5.41) is 7.28. The van der Waals surface area contributed by atoms with E-state index in [1.165, 1.54) is 38.5 Å². The molecule has 0 bridgehead atoms. The minimum absolute atomic E-state index is 0.245. The van der Waals surface area contributed by atoms with Crippen LogP contribution in [0.4, 0.5) is 0 Å². The van der Waals surface area contributed by atoms with E-state index < -0.39 is 0 Å². The van der Waals surface area contributed by atoms with Crippen LogP contribution in [0.15, 0.2) is 10.6 Å². The van der Waals surface area contributed by atoms with Crippen molar-refractivity contribution in [2.24, 2.45) is 0 Å². The molecule has 1 aromatic rings. The Morgan fingerprint density at radius 1 is 1.39 bits per heavy atom. The maximum absolute atomic E-state index is 6.24. The molecular weight excluding hydrogens is 228 g/mol. The summed E-state index contributed by atoms with van der Waals surface area (Å²) in [5.74, 6) is 0.904. The van der Waals surface area contributed by atoms with Crippen LogP contribution < -0.4 is 5.32 Å². The van der Waals surface area contributed by atoms with E-state index in [2.05, 4.69) is 10.5 Å². The predicted molar refractivity (Wildman–Crippen MR) is 68.3 cm³/mol. The third-order valence-electron chi connectivity index (χ3n) is 4.20. The Morgan fingerprint density at radius 3 is 2.94 bits per heavy atom. The van der Waals surface area contributed by atoms with E-state index in [1.807, 2.05) is 13.0 Å². The van der Waals surface area contributed by atoms with Crippen molar-refractivity contribution in [3.05, 3.63) is 17.5 Å². The molecule has 4 nitrogen and oxygen atoms in total. The summed E-state index contributed by atoms with van der Waals surface area (Å²) in [5.41, 5.74) is 1.18. The SMILES string of the molecule is Cc1cc(CNCC2CCC3(CCCC3)O2)on1. The van der Waals surface area contributed by atoms with E-state index in [9.17, 15) is 0 Å². The Bertz CT molecular complexity index is 396. The predicted octanol–water partition coefficient (Wildman–Crippen LogP) is 2.56. The molecule has 0 amide bonds. The van der Waals surface area contributed by atoms with E-state index in [-0.39, 0.29) is 5.60 Å². The van der Waals surface area contributed by atoms with Crippen LogP contribution in [0.1, 0.15) is 50.0 Å². The van der Waals surface area contributed by atoms with Gasteiger partial charge < -0.3 is 14.6 Å². The summed E-state index contributed by atoms with van der Waals surface area (Å²) in [6.45, 7) is 3.60. The fourth-order valence-corrected chi connectivity index (χ4v) is 3.28. The molecule has 2 aliphatic rings. The second-order valence-electron chi connectivity index (χ2n) is 5.73. The van der Waals surface area contributed by atoms with Crippen molar-refractivity contribution in [2.45, 2.75) is 63.7 Å². The van der Waals surface area contributed by atoms with Crippen LogP contribution in [0, 0.1) is 6.92 Å². The summed E-state index contributed by atoms with van der Waals surface area (Å²) < 4.78 is 11.4. The maximum atomic E-state index is 6.24. The number of nitrogens with zero attached hydrogens (tertiary/aromatic N) is 1. The van der Waals surface area contributed by atoms with Crippen LogP contribution in [0.3, 0.4) is 0 Å². The molecule has 3 rings (SSSR count). The van der Waals surface area contributed by atoms with Crippen LogP contribution in [-0.2, 0) is 11.3 Å². The first kappa shape index (κ1) is 12.2. The zero-order valence-electron chi connectivity index (χ0n) is 11.1. The lowest BCUT2D eigenvalue weighted by atomic mass is 9.98. The molecule has 2 fully saturated rings. The first-order valence-corrected chi connectivity index (χ1v) is 7.07. The monoisotopic (exact) mass is 250 g/mol. The van der Waals surface area contributed by atoms with Crippen LogP contribution in [-0.4, -0.2) is 23.4 Å². The fourth-order valence-electron chi connectivity index (χ4n) is 3.28. The van der Waals surface area contributed by atoms with Crippen LogP contribution in [0.5, 0.6) is 0 Å². The molecule has 0 aromatic carbocycles. The second kappa shape index (κ2) is 5.02. The van der Waals surface area contributed by atoms with Crippen molar-refractivity contribution in [3.63, 3.8) is 0 Å². The Balaban J connectivity index is 1.42. The summed E-state index contributed by atoms with van der Waals surface area (Å²) >= 11 is 0. The third kappa shape index (κ3) is 2.59. The average Bonchev–Trinajstić information content (AvgIpc) is 3.05. The van der Waals surface area contributed by atoms with Gasteiger partial charge in [-0.05, 0) is 32.6 Å². The zero-order valence-corrected chi connectivity index (χ0v) is 11.1. The molecule has 1 saturated heterocycles. The summed E-state index contributed by atoms with van der Waals surface area (Å²) in [6, 6.07) is 1.97. The highest BCUT2D eigenvalue weighted by Gasteiger charge is 2.41. The van der Waals surface area contributed by atoms with Gasteiger partial charge in [0.1, 0.15) is 0 Å². The Labute approximate surface area is 108 Å². The van der Waals surface area contributed by atoms with Gasteiger partial charge in [0.25, 0.3) is 0 Å².